The van der Waals surface area contributed by atoms with Crippen LogP contribution < -0.4 is 15.4 Å². The van der Waals surface area contributed by atoms with E-state index in [0.29, 0.717) is 44.5 Å². The van der Waals surface area contributed by atoms with Gasteiger partial charge in [0.2, 0.25) is 0 Å². The number of anilines is 1. The number of ether oxygens (including phenoxy) is 2. The molecule has 0 saturated carbocycles. The highest BCUT2D eigenvalue weighted by Crippen LogP contribution is 2.29. The molecule has 0 atom stereocenters. The Morgan fingerprint density at radius 1 is 0.857 bits per heavy atom. The van der Waals surface area contributed by atoms with Gasteiger partial charge in [0.1, 0.15) is 17.1 Å². The highest BCUT2D eigenvalue weighted by atomic mass is 35.5. The lowest BCUT2D eigenvalue weighted by molar-refractivity contribution is -0.153. The molecule has 2 amide bonds. The standard InChI is InChI=1S/C32H29Cl2N3O5/c1-32(2,3)42-29(38)16-20-6-13-28(23(15-20)19-36-30(39)22-5-4-14-35-18-22)41-25-10-8-24(9-11-25)37-31(40)21-7-12-26(33)27(34)17-21/h4-15,17-18H,16,19H2,1-3H3,(H,36,39)(H,37,40). The number of pyridine rings is 1. The number of benzene rings is 3. The van der Waals surface area contributed by atoms with E-state index in [-0.39, 0.29) is 35.8 Å². The lowest BCUT2D eigenvalue weighted by Crippen LogP contribution is -2.25. The molecule has 0 fully saturated rings. The van der Waals surface area contributed by atoms with E-state index in [1.807, 2.05) is 20.8 Å². The normalized spacial score (nSPS) is 11.0. The maximum atomic E-state index is 12.7. The Labute approximate surface area is 254 Å². The molecule has 42 heavy (non-hydrogen) atoms. The van der Waals surface area contributed by atoms with Gasteiger partial charge < -0.3 is 20.1 Å². The minimum absolute atomic E-state index is 0.0638. The number of esters is 1. The Kier molecular flexibility index (Phi) is 9.83. The van der Waals surface area contributed by atoms with Gasteiger partial charge in [-0.25, -0.2) is 0 Å². The highest BCUT2D eigenvalue weighted by Gasteiger charge is 2.18. The number of aromatic nitrogens is 1. The SMILES string of the molecule is CC(C)(C)OC(=O)Cc1ccc(Oc2ccc(NC(=O)c3ccc(Cl)c(Cl)c3)cc2)c(CNC(=O)c2cccnc2)c1. The first-order valence-corrected chi connectivity index (χ1v) is 13.8. The van der Waals surface area contributed by atoms with Gasteiger partial charge >= 0.3 is 5.97 Å². The van der Waals surface area contributed by atoms with Crippen molar-refractivity contribution in [1.29, 1.82) is 0 Å². The minimum atomic E-state index is -0.603. The molecule has 216 valence electrons. The number of rotatable bonds is 9. The van der Waals surface area contributed by atoms with Crippen LogP contribution in [-0.4, -0.2) is 28.4 Å². The second-order valence-electron chi connectivity index (χ2n) is 10.3. The lowest BCUT2D eigenvalue weighted by Gasteiger charge is -2.20. The molecule has 0 aliphatic heterocycles. The summed E-state index contributed by atoms with van der Waals surface area (Å²) in [5.74, 6) is -0.00702. The molecular formula is C32H29Cl2N3O5. The number of amides is 2. The highest BCUT2D eigenvalue weighted by molar-refractivity contribution is 6.42. The number of halogens is 2. The van der Waals surface area contributed by atoms with Crippen molar-refractivity contribution in [3.63, 3.8) is 0 Å². The maximum absolute atomic E-state index is 12.7. The van der Waals surface area contributed by atoms with E-state index in [4.69, 9.17) is 32.7 Å². The van der Waals surface area contributed by atoms with Gasteiger partial charge in [-0.2, -0.15) is 0 Å². The Morgan fingerprint density at radius 3 is 2.29 bits per heavy atom. The molecule has 0 saturated heterocycles. The fourth-order valence-electron chi connectivity index (χ4n) is 3.87. The zero-order valence-electron chi connectivity index (χ0n) is 23.2. The molecule has 10 heteroatoms. The van der Waals surface area contributed by atoms with Crippen LogP contribution in [0.3, 0.4) is 0 Å². The summed E-state index contributed by atoms with van der Waals surface area (Å²) in [4.78, 5) is 41.7. The molecular weight excluding hydrogens is 577 g/mol. The summed E-state index contributed by atoms with van der Waals surface area (Å²) in [6.45, 7) is 5.57. The molecule has 0 bridgehead atoms. The lowest BCUT2D eigenvalue weighted by atomic mass is 10.1. The zero-order chi connectivity index (χ0) is 30.3. The zero-order valence-corrected chi connectivity index (χ0v) is 24.8. The van der Waals surface area contributed by atoms with Gasteiger partial charge in [0.15, 0.2) is 0 Å². The van der Waals surface area contributed by atoms with Gasteiger partial charge in [0, 0.05) is 35.8 Å². The first kappa shape index (κ1) is 30.6. The van der Waals surface area contributed by atoms with Crippen molar-refractivity contribution in [1.82, 2.24) is 10.3 Å². The first-order valence-electron chi connectivity index (χ1n) is 13.0. The topological polar surface area (TPSA) is 107 Å². The summed E-state index contributed by atoms with van der Waals surface area (Å²) >= 11 is 12.0. The number of nitrogens with zero attached hydrogens (tertiary/aromatic N) is 1. The quantitative estimate of drug-likeness (QED) is 0.195. The monoisotopic (exact) mass is 605 g/mol. The molecule has 8 nitrogen and oxygen atoms in total. The van der Waals surface area contributed by atoms with Crippen LogP contribution >= 0.6 is 23.2 Å². The number of hydrogen-bond donors (Lipinski definition) is 2. The summed E-state index contributed by atoms with van der Waals surface area (Å²) < 4.78 is 11.6. The number of hydrogen-bond acceptors (Lipinski definition) is 6. The average molecular weight is 607 g/mol. The molecule has 1 aromatic heterocycles. The van der Waals surface area contributed by atoms with Crippen LogP contribution in [0.2, 0.25) is 10.0 Å². The van der Waals surface area contributed by atoms with Crippen LogP contribution in [0.1, 0.15) is 52.6 Å². The van der Waals surface area contributed by atoms with E-state index in [1.165, 1.54) is 12.3 Å². The molecule has 2 N–H and O–H groups in total. The van der Waals surface area contributed by atoms with E-state index in [2.05, 4.69) is 15.6 Å². The Hall–Kier alpha value is -4.40. The van der Waals surface area contributed by atoms with E-state index in [9.17, 15) is 14.4 Å². The minimum Gasteiger partial charge on any atom is -0.460 e. The number of carbonyl (C=O) groups is 3. The molecule has 4 rings (SSSR count). The van der Waals surface area contributed by atoms with Gasteiger partial charge in [0.25, 0.3) is 11.8 Å². The molecule has 0 aliphatic carbocycles. The van der Waals surface area contributed by atoms with Crippen LogP contribution in [0.4, 0.5) is 5.69 Å². The summed E-state index contributed by atoms with van der Waals surface area (Å²) in [6.07, 6.45) is 3.13. The fraction of sp³-hybridized carbons (Fsp3) is 0.188. The van der Waals surface area contributed by atoms with Crippen molar-refractivity contribution in [2.75, 3.05) is 5.32 Å². The van der Waals surface area contributed by atoms with E-state index < -0.39 is 5.60 Å². The third-order valence-electron chi connectivity index (χ3n) is 5.78. The average Bonchev–Trinajstić information content (AvgIpc) is 2.94. The summed E-state index contributed by atoms with van der Waals surface area (Å²) in [6, 6.07) is 20.1. The van der Waals surface area contributed by atoms with Crippen molar-refractivity contribution in [3.8, 4) is 11.5 Å². The van der Waals surface area contributed by atoms with Crippen LogP contribution in [-0.2, 0) is 22.5 Å². The van der Waals surface area contributed by atoms with Gasteiger partial charge in [-0.3, -0.25) is 19.4 Å². The van der Waals surface area contributed by atoms with Crippen molar-refractivity contribution >= 4 is 46.7 Å². The predicted octanol–water partition coefficient (Wildman–Crippen LogP) is 7.25. The van der Waals surface area contributed by atoms with Crippen molar-refractivity contribution < 1.29 is 23.9 Å². The van der Waals surface area contributed by atoms with Gasteiger partial charge in [0.05, 0.1) is 22.0 Å². The third-order valence-corrected chi connectivity index (χ3v) is 6.52. The van der Waals surface area contributed by atoms with Gasteiger partial charge in [-0.05, 0) is 93.1 Å². The molecule has 1 heterocycles. The third kappa shape index (κ3) is 8.80. The van der Waals surface area contributed by atoms with Crippen LogP contribution in [0.5, 0.6) is 11.5 Å². The fourth-order valence-corrected chi connectivity index (χ4v) is 4.17. The van der Waals surface area contributed by atoms with Crippen LogP contribution in [0.25, 0.3) is 0 Å². The first-order chi connectivity index (χ1) is 20.0. The maximum Gasteiger partial charge on any atom is 0.310 e. The summed E-state index contributed by atoms with van der Waals surface area (Å²) in [7, 11) is 0. The largest absolute Gasteiger partial charge is 0.460 e. The van der Waals surface area contributed by atoms with Crippen molar-refractivity contribution in [2.45, 2.75) is 39.3 Å². The predicted molar refractivity (Wildman–Crippen MR) is 162 cm³/mol. The second kappa shape index (κ2) is 13.5. The summed E-state index contributed by atoms with van der Waals surface area (Å²) in [5.41, 5.74) is 2.11. The smallest absolute Gasteiger partial charge is 0.310 e. The molecule has 0 aliphatic rings. The van der Waals surface area contributed by atoms with Crippen LogP contribution in [0, 0.1) is 0 Å². The van der Waals surface area contributed by atoms with Gasteiger partial charge in [-0.15, -0.1) is 0 Å². The number of nitrogens with one attached hydrogen (secondary N) is 2. The van der Waals surface area contributed by atoms with E-state index >= 15 is 0 Å². The van der Waals surface area contributed by atoms with Crippen molar-refractivity contribution in [3.05, 3.63) is 117 Å². The number of carbonyl (C=O) groups excluding carboxylic acids is 3. The van der Waals surface area contributed by atoms with E-state index in [1.54, 1.807) is 72.9 Å². The molecule has 0 spiro atoms. The second-order valence-corrected chi connectivity index (χ2v) is 11.2. The Bertz CT molecular complexity index is 1590. The van der Waals surface area contributed by atoms with Gasteiger partial charge in [-0.1, -0.05) is 29.3 Å². The molecule has 4 aromatic rings. The van der Waals surface area contributed by atoms with Crippen molar-refractivity contribution in [2.24, 2.45) is 0 Å². The Morgan fingerprint density at radius 2 is 1.62 bits per heavy atom. The molecule has 0 radical (unpaired) electrons. The Balaban J connectivity index is 1.49. The van der Waals surface area contributed by atoms with E-state index in [0.717, 1.165) is 0 Å². The van der Waals surface area contributed by atoms with Crippen LogP contribution in [0.15, 0.2) is 85.2 Å². The summed E-state index contributed by atoms with van der Waals surface area (Å²) in [5, 5.41) is 6.33. The molecule has 3 aromatic carbocycles. The molecule has 0 unspecified atom stereocenters.